The zero-order valence-electron chi connectivity index (χ0n) is 20.1. The predicted molar refractivity (Wildman–Crippen MR) is 125 cm³/mol. The van der Waals surface area contributed by atoms with E-state index >= 15 is 0 Å². The molecule has 1 aromatic carbocycles. The van der Waals surface area contributed by atoms with E-state index in [4.69, 9.17) is 5.73 Å². The highest BCUT2D eigenvalue weighted by Gasteiger charge is 2.33. The second-order valence-corrected chi connectivity index (χ2v) is 9.00. The third-order valence-corrected chi connectivity index (χ3v) is 5.31. The normalized spacial score (nSPS) is 15.7. The molecule has 5 atom stereocenters. The fourth-order valence-corrected chi connectivity index (χ4v) is 3.11. The fourth-order valence-electron chi connectivity index (χ4n) is 3.11. The van der Waals surface area contributed by atoms with E-state index in [1.54, 1.807) is 39.8 Å². The minimum atomic E-state index is -1.24. The number of benzene rings is 1. The third kappa shape index (κ3) is 8.64. The number of aliphatic hydroxyl groups is 1. The number of nitrogens with one attached hydrogen (secondary N) is 3. The van der Waals surface area contributed by atoms with Crippen LogP contribution in [0.25, 0.3) is 0 Å². The van der Waals surface area contributed by atoms with Gasteiger partial charge in [0.1, 0.15) is 29.9 Å². The quantitative estimate of drug-likeness (QED) is 0.208. The average molecular weight is 481 g/mol. The molecule has 0 heterocycles. The third-order valence-electron chi connectivity index (χ3n) is 5.31. The number of carboxylic acid groups (broad SMARTS) is 1. The summed E-state index contributed by atoms with van der Waals surface area (Å²) in [6.07, 6.45) is -1.12. The van der Waals surface area contributed by atoms with Gasteiger partial charge in [-0.1, -0.05) is 39.8 Å². The Hall–Kier alpha value is -3.18. The molecule has 0 aliphatic carbocycles. The molecule has 0 fully saturated rings. The van der Waals surface area contributed by atoms with Gasteiger partial charge in [0.2, 0.25) is 17.7 Å². The number of carbonyl (C=O) groups excluding carboxylic acids is 3. The molecule has 0 spiro atoms. The fraction of sp³-hybridized carbons (Fsp3) is 0.565. The maximum Gasteiger partial charge on any atom is 0.326 e. The van der Waals surface area contributed by atoms with E-state index < -0.39 is 59.9 Å². The van der Waals surface area contributed by atoms with Gasteiger partial charge < -0.3 is 37.0 Å². The van der Waals surface area contributed by atoms with E-state index in [1.807, 2.05) is 0 Å². The summed E-state index contributed by atoms with van der Waals surface area (Å²) in [5, 5.41) is 36.0. The van der Waals surface area contributed by atoms with Crippen LogP contribution in [-0.2, 0) is 25.6 Å². The van der Waals surface area contributed by atoms with Gasteiger partial charge in [0.25, 0.3) is 0 Å². The molecule has 8 N–H and O–H groups in total. The molecule has 1 rings (SSSR count). The van der Waals surface area contributed by atoms with Gasteiger partial charge in [-0.25, -0.2) is 4.79 Å². The van der Waals surface area contributed by atoms with E-state index in [1.165, 1.54) is 19.1 Å². The molecule has 1 aromatic rings. The van der Waals surface area contributed by atoms with E-state index in [-0.39, 0.29) is 18.1 Å². The second kappa shape index (κ2) is 12.9. The molecule has 0 aliphatic rings. The van der Waals surface area contributed by atoms with Crippen LogP contribution in [-0.4, -0.2) is 69.3 Å². The van der Waals surface area contributed by atoms with Gasteiger partial charge >= 0.3 is 5.97 Å². The molecule has 3 amide bonds. The number of nitrogens with two attached hydrogens (primary N) is 1. The zero-order chi connectivity index (χ0) is 26.2. The van der Waals surface area contributed by atoms with Crippen LogP contribution in [0.15, 0.2) is 24.3 Å². The Morgan fingerprint density at radius 3 is 1.76 bits per heavy atom. The summed E-state index contributed by atoms with van der Waals surface area (Å²) in [5.74, 6) is -4.09. The van der Waals surface area contributed by atoms with Crippen molar-refractivity contribution in [3.63, 3.8) is 0 Å². The van der Waals surface area contributed by atoms with Gasteiger partial charge in [0.15, 0.2) is 0 Å². The van der Waals surface area contributed by atoms with Crippen molar-refractivity contribution in [2.75, 3.05) is 0 Å². The molecule has 11 nitrogen and oxygen atoms in total. The Balaban J connectivity index is 3.14. The molecule has 0 aliphatic heterocycles. The van der Waals surface area contributed by atoms with Crippen LogP contribution in [0.1, 0.15) is 40.2 Å². The van der Waals surface area contributed by atoms with Gasteiger partial charge in [0.05, 0.1) is 6.10 Å². The number of aliphatic carboxylic acids is 1. The lowest BCUT2D eigenvalue weighted by atomic mass is 9.99. The van der Waals surface area contributed by atoms with Gasteiger partial charge in [0, 0.05) is 6.42 Å². The SMILES string of the molecule is CC(C)C(NC(=O)C(Cc1ccc(O)cc1)NC(=O)C(NC(=O)C(N)C(C)O)C(C)C)C(=O)O. The van der Waals surface area contributed by atoms with E-state index in [0.717, 1.165) is 0 Å². The Morgan fingerprint density at radius 1 is 0.824 bits per heavy atom. The van der Waals surface area contributed by atoms with Crippen LogP contribution >= 0.6 is 0 Å². The van der Waals surface area contributed by atoms with Crippen molar-refractivity contribution in [1.82, 2.24) is 16.0 Å². The Labute approximate surface area is 199 Å². The molecule has 34 heavy (non-hydrogen) atoms. The zero-order valence-corrected chi connectivity index (χ0v) is 20.1. The number of carboxylic acids is 1. The summed E-state index contributed by atoms with van der Waals surface area (Å²) in [7, 11) is 0. The van der Waals surface area contributed by atoms with Crippen molar-refractivity contribution < 1.29 is 34.5 Å². The summed E-state index contributed by atoms with van der Waals surface area (Å²) in [6, 6.07) is 1.35. The number of aromatic hydroxyl groups is 1. The Bertz CT molecular complexity index is 855. The highest BCUT2D eigenvalue weighted by Crippen LogP contribution is 2.13. The van der Waals surface area contributed by atoms with Crippen LogP contribution in [0.3, 0.4) is 0 Å². The van der Waals surface area contributed by atoms with Crippen molar-refractivity contribution in [2.45, 2.75) is 71.3 Å². The molecule has 5 unspecified atom stereocenters. The minimum absolute atomic E-state index is 0.00817. The lowest BCUT2D eigenvalue weighted by Crippen LogP contribution is -2.60. The monoisotopic (exact) mass is 480 g/mol. The minimum Gasteiger partial charge on any atom is -0.508 e. The summed E-state index contributed by atoms with van der Waals surface area (Å²) in [4.78, 5) is 49.9. The van der Waals surface area contributed by atoms with Crippen LogP contribution in [0.2, 0.25) is 0 Å². The number of phenols is 1. The number of rotatable bonds is 12. The molecular weight excluding hydrogens is 444 g/mol. The smallest absolute Gasteiger partial charge is 0.326 e. The molecule has 0 saturated carbocycles. The number of carbonyl (C=O) groups is 4. The molecule has 0 aromatic heterocycles. The standard InChI is InChI=1S/C23H36N4O7/c1-11(2)18(26-21(31)17(24)13(5)28)22(32)25-16(10-14-6-8-15(29)9-7-14)20(30)27-19(12(3)4)23(33)34/h6-9,11-13,16-19,28-29H,10,24H2,1-5H3,(H,25,32)(H,26,31)(H,27,30)(H,33,34). The maximum atomic E-state index is 13.1. The first kappa shape index (κ1) is 28.9. The summed E-state index contributed by atoms with van der Waals surface area (Å²) >= 11 is 0. The molecule has 0 bridgehead atoms. The molecular formula is C23H36N4O7. The molecule has 190 valence electrons. The number of hydrogen-bond donors (Lipinski definition) is 7. The van der Waals surface area contributed by atoms with Crippen LogP contribution in [0, 0.1) is 11.8 Å². The lowest BCUT2D eigenvalue weighted by molar-refractivity contribution is -0.143. The lowest BCUT2D eigenvalue weighted by Gasteiger charge is -2.28. The Kier molecular flexibility index (Phi) is 10.9. The maximum absolute atomic E-state index is 13.1. The van der Waals surface area contributed by atoms with Crippen molar-refractivity contribution in [3.05, 3.63) is 29.8 Å². The first-order valence-electron chi connectivity index (χ1n) is 11.1. The van der Waals surface area contributed by atoms with Gasteiger partial charge in [-0.05, 0) is 36.5 Å². The van der Waals surface area contributed by atoms with Crippen molar-refractivity contribution in [2.24, 2.45) is 17.6 Å². The highest BCUT2D eigenvalue weighted by atomic mass is 16.4. The first-order valence-corrected chi connectivity index (χ1v) is 11.1. The van der Waals surface area contributed by atoms with Crippen molar-refractivity contribution in [3.8, 4) is 5.75 Å². The Morgan fingerprint density at radius 2 is 1.32 bits per heavy atom. The number of phenolic OH excluding ortho intramolecular Hbond substituents is 1. The number of aliphatic hydroxyl groups excluding tert-OH is 1. The molecule has 0 saturated heterocycles. The largest absolute Gasteiger partial charge is 0.508 e. The highest BCUT2D eigenvalue weighted by molar-refractivity contribution is 5.94. The summed E-state index contributed by atoms with van der Waals surface area (Å²) in [6.45, 7) is 8.00. The topological polar surface area (TPSA) is 191 Å². The summed E-state index contributed by atoms with van der Waals surface area (Å²) in [5.41, 5.74) is 6.26. The first-order chi connectivity index (χ1) is 15.7. The summed E-state index contributed by atoms with van der Waals surface area (Å²) < 4.78 is 0. The van der Waals surface area contributed by atoms with Gasteiger partial charge in [-0.2, -0.15) is 0 Å². The van der Waals surface area contributed by atoms with E-state index in [2.05, 4.69) is 16.0 Å². The van der Waals surface area contributed by atoms with Crippen LogP contribution in [0.5, 0.6) is 5.75 Å². The van der Waals surface area contributed by atoms with Gasteiger partial charge in [-0.15, -0.1) is 0 Å². The van der Waals surface area contributed by atoms with Crippen LogP contribution < -0.4 is 21.7 Å². The van der Waals surface area contributed by atoms with Crippen molar-refractivity contribution >= 4 is 23.7 Å². The number of amides is 3. The van der Waals surface area contributed by atoms with Crippen molar-refractivity contribution in [1.29, 1.82) is 0 Å². The average Bonchev–Trinajstić information content (AvgIpc) is 2.74. The van der Waals surface area contributed by atoms with E-state index in [0.29, 0.717) is 5.56 Å². The van der Waals surface area contributed by atoms with Gasteiger partial charge in [-0.3, -0.25) is 14.4 Å². The molecule has 0 radical (unpaired) electrons. The molecule has 11 heteroatoms. The predicted octanol–water partition coefficient (Wildman–Crippen LogP) is -0.506. The van der Waals surface area contributed by atoms with E-state index in [9.17, 15) is 34.5 Å². The number of hydrogen-bond acceptors (Lipinski definition) is 7. The van der Waals surface area contributed by atoms with Crippen LogP contribution in [0.4, 0.5) is 0 Å². The second-order valence-electron chi connectivity index (χ2n) is 9.00.